The summed E-state index contributed by atoms with van der Waals surface area (Å²) in [6.45, 7) is -0.218. The van der Waals surface area contributed by atoms with Crippen LogP contribution in [0.5, 0.6) is 0 Å². The van der Waals surface area contributed by atoms with Gasteiger partial charge >= 0.3 is 16.5 Å². The fraction of sp³-hybridized carbons (Fsp3) is 1.00. The van der Waals surface area contributed by atoms with Gasteiger partial charge in [0.2, 0.25) is 0 Å². The zero-order valence-corrected chi connectivity index (χ0v) is 8.43. The van der Waals surface area contributed by atoms with Crippen LogP contribution in [0.4, 0.5) is 0 Å². The van der Waals surface area contributed by atoms with Crippen LogP contribution in [0.25, 0.3) is 0 Å². The molecule has 2 unspecified atom stereocenters. The van der Waals surface area contributed by atoms with Crippen LogP contribution in [-0.2, 0) is 22.5 Å². The quantitative estimate of drug-likeness (QED) is 0.409. The van der Waals surface area contributed by atoms with Crippen molar-refractivity contribution in [3.63, 3.8) is 0 Å². The third-order valence-corrected chi connectivity index (χ3v) is 2.15. The van der Waals surface area contributed by atoms with E-state index in [1.54, 1.807) is 0 Å². The van der Waals surface area contributed by atoms with E-state index >= 15 is 0 Å². The Morgan fingerprint density at radius 1 is 1.11 bits per heavy atom. The largest absolute Gasteiger partial charge is 0.750 e. The smallest absolute Gasteiger partial charge is 0.0822 e. The van der Waals surface area contributed by atoms with Crippen molar-refractivity contribution in [1.29, 1.82) is 0 Å². The van der Waals surface area contributed by atoms with Gasteiger partial charge in [0.05, 0.1) is 0 Å². The number of hydrogen-bond donors (Lipinski definition) is 0. The molecule has 5 nitrogen and oxygen atoms in total. The van der Waals surface area contributed by atoms with Gasteiger partial charge in [-0.3, -0.25) is 0 Å². The van der Waals surface area contributed by atoms with E-state index < -0.39 is 16.5 Å². The van der Waals surface area contributed by atoms with E-state index in [9.17, 15) is 9.13 Å². The van der Waals surface area contributed by atoms with E-state index in [0.29, 0.717) is 0 Å². The van der Waals surface area contributed by atoms with E-state index in [-0.39, 0.29) is 36.4 Å². The van der Waals surface area contributed by atoms with Crippen molar-refractivity contribution in [1.82, 2.24) is 0 Å². The molecule has 0 amide bonds. The monoisotopic (exact) mass is 179 g/mol. The first kappa shape index (κ1) is 10.1. The SMILES string of the molecule is O=[P+]1OCO[P+](=O)O1.[Na]. The third kappa shape index (κ3) is 3.71. The zero-order chi connectivity index (χ0) is 5.98. The summed E-state index contributed by atoms with van der Waals surface area (Å²) in [4.78, 5) is 0. The maximum Gasteiger partial charge on any atom is 0.750 e. The molecule has 0 N–H and O–H groups in total. The molecule has 2 atom stereocenters. The van der Waals surface area contributed by atoms with E-state index in [1.807, 2.05) is 0 Å². The first-order valence-corrected chi connectivity index (χ1v) is 3.86. The molecule has 0 saturated carbocycles. The summed E-state index contributed by atoms with van der Waals surface area (Å²) in [6.07, 6.45) is 0. The first-order chi connectivity index (χ1) is 3.79. The molecule has 9 heavy (non-hydrogen) atoms. The van der Waals surface area contributed by atoms with Crippen LogP contribution in [0.15, 0.2) is 0 Å². The van der Waals surface area contributed by atoms with Gasteiger partial charge in [-0.2, -0.15) is 0 Å². The maximum atomic E-state index is 10.1. The van der Waals surface area contributed by atoms with Gasteiger partial charge in [0, 0.05) is 38.7 Å². The molecule has 1 saturated heterocycles. The Kier molecular flexibility index (Phi) is 5.41. The Labute approximate surface area is 75.2 Å². The summed E-state index contributed by atoms with van der Waals surface area (Å²) in [6, 6.07) is 0. The molecule has 0 aromatic carbocycles. The second-order valence-electron chi connectivity index (χ2n) is 0.905. The molecule has 0 aromatic rings. The van der Waals surface area contributed by atoms with Crippen molar-refractivity contribution < 1.29 is 22.5 Å². The minimum absolute atomic E-state index is 0. The van der Waals surface area contributed by atoms with Crippen LogP contribution < -0.4 is 0 Å². The molecule has 1 aliphatic rings. The minimum atomic E-state index is -2.19. The Morgan fingerprint density at radius 3 is 1.78 bits per heavy atom. The molecule has 0 bridgehead atoms. The molecular formula is CH2NaO5P2+2. The maximum absolute atomic E-state index is 10.1. The van der Waals surface area contributed by atoms with Gasteiger partial charge in [-0.05, 0) is 0 Å². The van der Waals surface area contributed by atoms with Crippen LogP contribution in [0.1, 0.15) is 0 Å². The van der Waals surface area contributed by atoms with Crippen LogP contribution in [0.2, 0.25) is 0 Å². The fourth-order valence-corrected chi connectivity index (χ4v) is 1.38. The van der Waals surface area contributed by atoms with Crippen molar-refractivity contribution in [2.24, 2.45) is 0 Å². The molecule has 1 radical (unpaired) electrons. The molecule has 0 aromatic heterocycles. The minimum Gasteiger partial charge on any atom is -0.0822 e. The van der Waals surface area contributed by atoms with Crippen molar-refractivity contribution in [3.8, 4) is 0 Å². The second-order valence-corrected chi connectivity index (χ2v) is 2.97. The molecule has 1 heterocycles. The Hall–Kier alpha value is 1.08. The number of rotatable bonds is 0. The molecule has 1 fully saturated rings. The van der Waals surface area contributed by atoms with E-state index in [4.69, 9.17) is 0 Å². The van der Waals surface area contributed by atoms with Gasteiger partial charge in [0.1, 0.15) is 0 Å². The summed E-state index contributed by atoms with van der Waals surface area (Å²) in [5.41, 5.74) is 0. The average molecular weight is 179 g/mol. The standard InChI is InChI=1S/CH2O5P2.Na/c2-7-4-1-5-8(3)6-7;/h1H2;/q+2;. The van der Waals surface area contributed by atoms with Gasteiger partial charge in [-0.15, -0.1) is 0 Å². The normalized spacial score (nSPS) is 27.1. The summed E-state index contributed by atoms with van der Waals surface area (Å²) in [7, 11) is -4.38. The first-order valence-electron chi connectivity index (χ1n) is 1.67. The summed E-state index contributed by atoms with van der Waals surface area (Å²) in [5.74, 6) is 0. The fourth-order valence-electron chi connectivity index (χ4n) is 0.211. The molecule has 1 rings (SSSR count). The van der Waals surface area contributed by atoms with Gasteiger partial charge in [0.15, 0.2) is 4.31 Å². The second kappa shape index (κ2) is 4.83. The van der Waals surface area contributed by atoms with Gasteiger partial charge in [-0.25, -0.2) is 0 Å². The van der Waals surface area contributed by atoms with Crippen LogP contribution in [0.3, 0.4) is 0 Å². The van der Waals surface area contributed by atoms with Gasteiger partial charge in [0.25, 0.3) is 6.79 Å². The Morgan fingerprint density at radius 2 is 1.56 bits per heavy atom. The van der Waals surface area contributed by atoms with Crippen molar-refractivity contribution in [2.45, 2.75) is 0 Å². The average Bonchev–Trinajstić information content (AvgIpc) is 1.64. The van der Waals surface area contributed by atoms with Crippen molar-refractivity contribution in [2.75, 3.05) is 6.79 Å². The molecule has 0 aliphatic carbocycles. The Balaban J connectivity index is 0.000000640. The molecule has 45 valence electrons. The molecule has 0 spiro atoms. The van der Waals surface area contributed by atoms with Crippen LogP contribution >= 0.6 is 16.5 Å². The number of hydrogen-bond acceptors (Lipinski definition) is 5. The van der Waals surface area contributed by atoms with E-state index in [1.165, 1.54) is 0 Å². The summed E-state index contributed by atoms with van der Waals surface area (Å²) in [5, 5.41) is 0. The molecular weight excluding hydrogens is 177 g/mol. The topological polar surface area (TPSA) is 61.8 Å². The Bertz CT molecular complexity index is 121. The third-order valence-electron chi connectivity index (χ3n) is 0.450. The molecule has 1 aliphatic heterocycles. The molecule has 8 heteroatoms. The van der Waals surface area contributed by atoms with E-state index in [0.717, 1.165) is 0 Å². The van der Waals surface area contributed by atoms with Crippen molar-refractivity contribution >= 4 is 46.1 Å². The van der Waals surface area contributed by atoms with Crippen molar-refractivity contribution in [3.05, 3.63) is 0 Å². The summed E-state index contributed by atoms with van der Waals surface area (Å²) < 4.78 is 32.7. The zero-order valence-electron chi connectivity index (χ0n) is 4.64. The predicted octanol–water partition coefficient (Wildman–Crippen LogP) is 0.941. The predicted molar refractivity (Wildman–Crippen MR) is 29.1 cm³/mol. The van der Waals surface area contributed by atoms with Gasteiger partial charge < -0.3 is 0 Å². The van der Waals surface area contributed by atoms with Crippen LogP contribution in [0, 0.1) is 0 Å². The summed E-state index contributed by atoms with van der Waals surface area (Å²) >= 11 is 0. The van der Waals surface area contributed by atoms with Crippen LogP contribution in [-0.4, -0.2) is 36.4 Å². The van der Waals surface area contributed by atoms with E-state index in [2.05, 4.69) is 13.4 Å². The van der Waals surface area contributed by atoms with Gasteiger partial charge in [-0.1, -0.05) is 9.05 Å².